The van der Waals surface area contributed by atoms with E-state index in [1.54, 1.807) is 12.2 Å². The third kappa shape index (κ3) is 6.75. The van der Waals surface area contributed by atoms with Crippen LogP contribution in [0.15, 0.2) is 24.5 Å². The lowest BCUT2D eigenvalue weighted by molar-refractivity contribution is -0.135. The average Bonchev–Trinajstić information content (AvgIpc) is 1.87. The number of carboxylic acid groups (broad SMARTS) is 1. The minimum atomic E-state index is -0.831. The fourth-order valence-electron chi connectivity index (χ4n) is 0.371. The summed E-state index contributed by atoms with van der Waals surface area (Å²) in [5.41, 5.74) is 0. The third-order valence-electron chi connectivity index (χ3n) is 0.754. The quantitative estimate of drug-likeness (QED) is 0.473. The van der Waals surface area contributed by atoms with E-state index in [-0.39, 0.29) is 6.42 Å². The molecular weight excluding hydrogens is 132 g/mol. The molecule has 0 atom stereocenters. The van der Waals surface area contributed by atoms with Crippen LogP contribution in [0.2, 0.25) is 0 Å². The molecular formula is C7H10O3. The van der Waals surface area contributed by atoms with Crippen molar-refractivity contribution in [3.63, 3.8) is 0 Å². The summed E-state index contributed by atoms with van der Waals surface area (Å²) in [5, 5.41) is 8.16. The first-order chi connectivity index (χ1) is 4.77. The molecule has 0 heterocycles. The van der Waals surface area contributed by atoms with E-state index in [9.17, 15) is 4.79 Å². The Labute approximate surface area is 59.6 Å². The molecule has 0 aliphatic rings. The molecule has 0 radical (unpaired) electrons. The van der Waals surface area contributed by atoms with Crippen molar-refractivity contribution in [3.8, 4) is 0 Å². The van der Waals surface area contributed by atoms with Crippen molar-refractivity contribution in [2.24, 2.45) is 0 Å². The number of aliphatic carboxylic acids is 1. The number of carboxylic acids is 1. The molecule has 0 aromatic carbocycles. The second-order valence-corrected chi connectivity index (χ2v) is 1.59. The van der Waals surface area contributed by atoms with Crippen molar-refractivity contribution < 1.29 is 14.6 Å². The summed E-state index contributed by atoms with van der Waals surface area (Å²) in [7, 11) is 1.53. The number of hydrogen-bond acceptors (Lipinski definition) is 2. The van der Waals surface area contributed by atoms with Gasteiger partial charge in [0.25, 0.3) is 0 Å². The monoisotopic (exact) mass is 142 g/mol. The second kappa shape index (κ2) is 5.88. The van der Waals surface area contributed by atoms with E-state index in [2.05, 4.69) is 4.74 Å². The molecule has 0 saturated heterocycles. The number of methoxy groups -OCH3 is 1. The number of ether oxygens (including phenoxy) is 1. The molecule has 3 heteroatoms. The highest BCUT2D eigenvalue weighted by atomic mass is 16.5. The van der Waals surface area contributed by atoms with Crippen molar-refractivity contribution in [3.05, 3.63) is 24.5 Å². The van der Waals surface area contributed by atoms with E-state index in [0.29, 0.717) is 0 Å². The first-order valence-corrected chi connectivity index (χ1v) is 2.83. The zero-order valence-electron chi connectivity index (χ0n) is 5.78. The van der Waals surface area contributed by atoms with Crippen molar-refractivity contribution in [2.45, 2.75) is 6.42 Å². The molecule has 0 unspecified atom stereocenters. The largest absolute Gasteiger partial charge is 0.504 e. The molecule has 0 aliphatic heterocycles. The van der Waals surface area contributed by atoms with Crippen LogP contribution >= 0.6 is 0 Å². The van der Waals surface area contributed by atoms with Crippen LogP contribution in [0.25, 0.3) is 0 Å². The van der Waals surface area contributed by atoms with Crippen LogP contribution in [0, 0.1) is 0 Å². The lowest BCUT2D eigenvalue weighted by Gasteiger charge is -1.82. The van der Waals surface area contributed by atoms with E-state index in [0.717, 1.165) is 0 Å². The summed E-state index contributed by atoms with van der Waals surface area (Å²) < 4.78 is 4.57. The van der Waals surface area contributed by atoms with Crippen LogP contribution in [0.3, 0.4) is 0 Å². The first-order valence-electron chi connectivity index (χ1n) is 2.83. The van der Waals surface area contributed by atoms with Gasteiger partial charge >= 0.3 is 5.97 Å². The molecule has 1 N–H and O–H groups in total. The van der Waals surface area contributed by atoms with Crippen LogP contribution in [0.5, 0.6) is 0 Å². The van der Waals surface area contributed by atoms with E-state index in [4.69, 9.17) is 5.11 Å². The summed E-state index contributed by atoms with van der Waals surface area (Å²) in [4.78, 5) is 9.93. The molecule has 0 rings (SSSR count). The van der Waals surface area contributed by atoms with E-state index in [1.165, 1.54) is 19.4 Å². The lowest BCUT2D eigenvalue weighted by atomic mass is 10.4. The zero-order valence-corrected chi connectivity index (χ0v) is 5.78. The van der Waals surface area contributed by atoms with Crippen molar-refractivity contribution in [1.29, 1.82) is 0 Å². The summed E-state index contributed by atoms with van der Waals surface area (Å²) in [5.74, 6) is -0.831. The van der Waals surface area contributed by atoms with Gasteiger partial charge in [-0.2, -0.15) is 0 Å². The van der Waals surface area contributed by atoms with Crippen LogP contribution in [-0.2, 0) is 9.53 Å². The molecule has 0 amide bonds. The van der Waals surface area contributed by atoms with Gasteiger partial charge in [-0.3, -0.25) is 4.79 Å². The van der Waals surface area contributed by atoms with Gasteiger partial charge in [0, 0.05) is 0 Å². The third-order valence-corrected chi connectivity index (χ3v) is 0.754. The number of allylic oxidation sites excluding steroid dienone is 2. The predicted molar refractivity (Wildman–Crippen MR) is 37.5 cm³/mol. The van der Waals surface area contributed by atoms with Crippen LogP contribution in [-0.4, -0.2) is 18.2 Å². The Morgan fingerprint density at radius 2 is 2.30 bits per heavy atom. The van der Waals surface area contributed by atoms with Crippen molar-refractivity contribution in [1.82, 2.24) is 0 Å². The predicted octanol–water partition coefficient (Wildman–Crippen LogP) is 1.18. The molecule has 0 spiro atoms. The lowest BCUT2D eigenvalue weighted by Crippen LogP contribution is -1.89. The summed E-state index contributed by atoms with van der Waals surface area (Å²) in [6.07, 6.45) is 6.31. The Morgan fingerprint density at radius 3 is 2.80 bits per heavy atom. The van der Waals surface area contributed by atoms with E-state index < -0.39 is 5.97 Å². The Balaban J connectivity index is 3.37. The number of rotatable bonds is 4. The fourth-order valence-corrected chi connectivity index (χ4v) is 0.371. The molecule has 0 fully saturated rings. The highest BCUT2D eigenvalue weighted by Crippen LogP contribution is 1.83. The van der Waals surface area contributed by atoms with Crippen LogP contribution < -0.4 is 0 Å². The maximum Gasteiger partial charge on any atom is 0.307 e. The molecule has 3 nitrogen and oxygen atoms in total. The average molecular weight is 142 g/mol. The highest BCUT2D eigenvalue weighted by Gasteiger charge is 1.86. The molecule has 10 heavy (non-hydrogen) atoms. The molecule has 0 bridgehead atoms. The van der Waals surface area contributed by atoms with Gasteiger partial charge in [-0.1, -0.05) is 12.2 Å². The molecule has 0 aliphatic carbocycles. The Hall–Kier alpha value is -1.25. The Kier molecular flexibility index (Phi) is 5.14. The Morgan fingerprint density at radius 1 is 1.60 bits per heavy atom. The van der Waals surface area contributed by atoms with Gasteiger partial charge in [0.15, 0.2) is 0 Å². The number of carbonyl (C=O) groups is 1. The Bertz CT molecular complexity index is 147. The molecule has 0 aromatic heterocycles. The van der Waals surface area contributed by atoms with Crippen molar-refractivity contribution in [2.75, 3.05) is 7.11 Å². The normalized spacial score (nSPS) is 10.9. The molecule has 0 aromatic rings. The number of hydrogen-bond donors (Lipinski definition) is 1. The minimum absolute atomic E-state index is 0.0497. The van der Waals surface area contributed by atoms with Gasteiger partial charge < -0.3 is 9.84 Å². The highest BCUT2D eigenvalue weighted by molar-refractivity contribution is 5.68. The smallest absolute Gasteiger partial charge is 0.307 e. The molecule has 56 valence electrons. The standard InChI is InChI=1S/C7H10O3/c1-10-6-4-2-3-5-7(8)9/h2-4,6H,5H2,1H3,(H,8,9)/b3-2+,6-4+. The van der Waals surface area contributed by atoms with Gasteiger partial charge in [-0.15, -0.1) is 0 Å². The van der Waals surface area contributed by atoms with E-state index >= 15 is 0 Å². The second-order valence-electron chi connectivity index (χ2n) is 1.59. The molecule has 0 saturated carbocycles. The van der Waals surface area contributed by atoms with Crippen molar-refractivity contribution >= 4 is 5.97 Å². The van der Waals surface area contributed by atoms with Crippen LogP contribution in [0.1, 0.15) is 6.42 Å². The SMILES string of the molecule is CO/C=C/C=C/CC(=O)O. The summed E-state index contributed by atoms with van der Waals surface area (Å²) in [6, 6.07) is 0. The fraction of sp³-hybridized carbons (Fsp3) is 0.286. The van der Waals surface area contributed by atoms with Gasteiger partial charge in [0.1, 0.15) is 0 Å². The van der Waals surface area contributed by atoms with Gasteiger partial charge in [-0.25, -0.2) is 0 Å². The minimum Gasteiger partial charge on any atom is -0.504 e. The zero-order chi connectivity index (χ0) is 7.82. The van der Waals surface area contributed by atoms with Gasteiger partial charge in [-0.05, 0) is 6.08 Å². The van der Waals surface area contributed by atoms with Gasteiger partial charge in [0.2, 0.25) is 0 Å². The van der Waals surface area contributed by atoms with Crippen LogP contribution in [0.4, 0.5) is 0 Å². The maximum absolute atomic E-state index is 9.93. The first kappa shape index (κ1) is 8.75. The topological polar surface area (TPSA) is 46.5 Å². The maximum atomic E-state index is 9.93. The van der Waals surface area contributed by atoms with E-state index in [1.807, 2.05) is 0 Å². The van der Waals surface area contributed by atoms with Gasteiger partial charge in [0.05, 0.1) is 19.8 Å². The summed E-state index contributed by atoms with van der Waals surface area (Å²) >= 11 is 0. The summed E-state index contributed by atoms with van der Waals surface area (Å²) in [6.45, 7) is 0.